The third kappa shape index (κ3) is 2.88. The second-order valence-electron chi connectivity index (χ2n) is 5.55. The summed E-state index contributed by atoms with van der Waals surface area (Å²) in [6.07, 6.45) is 10.8. The number of ether oxygens (including phenoxy) is 1. The second-order valence-corrected chi connectivity index (χ2v) is 6.17. The average molecular weight is 231 g/mol. The molecule has 2 unspecified atom stereocenters. The Morgan fingerprint density at radius 3 is 2.40 bits per heavy atom. The normalized spacial score (nSPS) is 37.2. The molecule has 1 heterocycles. The van der Waals surface area contributed by atoms with Gasteiger partial charge in [-0.25, -0.2) is 0 Å². The Balaban J connectivity index is 1.98. The fraction of sp³-hybridized carbons (Fsp3) is 1.00. The lowest BCUT2D eigenvalue weighted by atomic mass is 9.75. The molecule has 0 aromatic rings. The molecular formula is C13H23ClO. The van der Waals surface area contributed by atoms with Crippen molar-refractivity contribution in [2.45, 2.75) is 69.8 Å². The fourth-order valence-electron chi connectivity index (χ4n) is 3.10. The minimum absolute atomic E-state index is 0.351. The SMILES string of the molecule is CC1(C2CC(Cl)CCO2)CCCCCC1. The zero-order valence-electron chi connectivity index (χ0n) is 9.80. The predicted octanol–water partition coefficient (Wildman–Crippen LogP) is 4.13. The van der Waals surface area contributed by atoms with E-state index in [1.54, 1.807) is 0 Å². The number of alkyl halides is 1. The second kappa shape index (κ2) is 5.05. The van der Waals surface area contributed by atoms with Crippen molar-refractivity contribution in [1.82, 2.24) is 0 Å². The number of halogens is 1. The van der Waals surface area contributed by atoms with Crippen molar-refractivity contribution in [3.05, 3.63) is 0 Å². The van der Waals surface area contributed by atoms with E-state index in [2.05, 4.69) is 6.92 Å². The maximum absolute atomic E-state index is 6.25. The van der Waals surface area contributed by atoms with Crippen molar-refractivity contribution < 1.29 is 4.74 Å². The van der Waals surface area contributed by atoms with Crippen LogP contribution < -0.4 is 0 Å². The third-order valence-corrected chi connectivity index (χ3v) is 4.64. The van der Waals surface area contributed by atoms with Gasteiger partial charge >= 0.3 is 0 Å². The minimum atomic E-state index is 0.351. The van der Waals surface area contributed by atoms with Crippen molar-refractivity contribution in [2.24, 2.45) is 5.41 Å². The van der Waals surface area contributed by atoms with Gasteiger partial charge in [0.05, 0.1) is 6.10 Å². The molecule has 2 atom stereocenters. The number of hydrogen-bond acceptors (Lipinski definition) is 1. The van der Waals surface area contributed by atoms with Gasteiger partial charge in [0.25, 0.3) is 0 Å². The maximum Gasteiger partial charge on any atom is 0.0642 e. The summed E-state index contributed by atoms with van der Waals surface area (Å²) in [5.41, 5.74) is 0.407. The topological polar surface area (TPSA) is 9.23 Å². The first-order valence-corrected chi connectivity index (χ1v) is 6.90. The summed E-state index contributed by atoms with van der Waals surface area (Å²) >= 11 is 6.25. The summed E-state index contributed by atoms with van der Waals surface area (Å²) < 4.78 is 5.96. The molecule has 0 aromatic heterocycles. The summed E-state index contributed by atoms with van der Waals surface area (Å²) in [5, 5.41) is 0.351. The Labute approximate surface area is 98.5 Å². The molecule has 1 nitrogen and oxygen atoms in total. The van der Waals surface area contributed by atoms with Crippen molar-refractivity contribution in [3.63, 3.8) is 0 Å². The molecule has 88 valence electrons. The van der Waals surface area contributed by atoms with Crippen LogP contribution in [0.5, 0.6) is 0 Å². The van der Waals surface area contributed by atoms with Crippen LogP contribution in [0.15, 0.2) is 0 Å². The summed E-state index contributed by atoms with van der Waals surface area (Å²) in [4.78, 5) is 0. The van der Waals surface area contributed by atoms with Gasteiger partial charge in [0, 0.05) is 12.0 Å². The molecule has 2 rings (SSSR count). The van der Waals surface area contributed by atoms with Gasteiger partial charge in [-0.1, -0.05) is 32.6 Å². The Bertz CT molecular complexity index is 197. The van der Waals surface area contributed by atoms with Gasteiger partial charge in [-0.2, -0.15) is 0 Å². The Morgan fingerprint density at radius 1 is 1.13 bits per heavy atom. The van der Waals surface area contributed by atoms with E-state index in [0.29, 0.717) is 16.9 Å². The third-order valence-electron chi connectivity index (χ3n) is 4.24. The monoisotopic (exact) mass is 230 g/mol. The van der Waals surface area contributed by atoms with E-state index in [-0.39, 0.29) is 0 Å². The summed E-state index contributed by atoms with van der Waals surface area (Å²) in [6.45, 7) is 3.28. The molecule has 0 N–H and O–H groups in total. The Morgan fingerprint density at radius 2 is 1.80 bits per heavy atom. The molecule has 1 aliphatic heterocycles. The van der Waals surface area contributed by atoms with Crippen LogP contribution in [0.2, 0.25) is 0 Å². The van der Waals surface area contributed by atoms with E-state index in [1.165, 1.54) is 38.5 Å². The van der Waals surface area contributed by atoms with Gasteiger partial charge in [-0.3, -0.25) is 0 Å². The van der Waals surface area contributed by atoms with E-state index < -0.39 is 0 Å². The van der Waals surface area contributed by atoms with Gasteiger partial charge in [0.1, 0.15) is 0 Å². The van der Waals surface area contributed by atoms with Gasteiger partial charge in [0.2, 0.25) is 0 Å². The highest BCUT2D eigenvalue weighted by atomic mass is 35.5. The standard InChI is InChI=1S/C13H23ClO/c1-13(7-4-2-3-5-8-13)12-10-11(14)6-9-15-12/h11-12H,2-10H2,1H3. The Kier molecular flexibility index (Phi) is 3.95. The molecule has 1 aliphatic carbocycles. The van der Waals surface area contributed by atoms with Gasteiger partial charge < -0.3 is 4.74 Å². The molecule has 1 saturated carbocycles. The van der Waals surface area contributed by atoms with Crippen LogP contribution in [0.1, 0.15) is 58.3 Å². The lowest BCUT2D eigenvalue weighted by molar-refractivity contribution is -0.0664. The highest BCUT2D eigenvalue weighted by molar-refractivity contribution is 6.20. The highest BCUT2D eigenvalue weighted by Crippen LogP contribution is 2.42. The van der Waals surface area contributed by atoms with E-state index in [4.69, 9.17) is 16.3 Å². The lowest BCUT2D eigenvalue weighted by Gasteiger charge is -2.40. The molecule has 2 heteroatoms. The number of rotatable bonds is 1. The molecule has 1 saturated heterocycles. The van der Waals surface area contributed by atoms with Crippen molar-refractivity contribution >= 4 is 11.6 Å². The zero-order chi connectivity index (χ0) is 10.7. The largest absolute Gasteiger partial charge is 0.378 e. The van der Waals surface area contributed by atoms with Crippen LogP contribution in [0.4, 0.5) is 0 Å². The molecule has 0 spiro atoms. The highest BCUT2D eigenvalue weighted by Gasteiger charge is 2.38. The summed E-state index contributed by atoms with van der Waals surface area (Å²) in [7, 11) is 0. The van der Waals surface area contributed by atoms with Crippen LogP contribution >= 0.6 is 11.6 Å². The van der Waals surface area contributed by atoms with Crippen molar-refractivity contribution in [2.75, 3.05) is 6.61 Å². The van der Waals surface area contributed by atoms with Gasteiger partial charge in [-0.05, 0) is 31.1 Å². The average Bonchev–Trinajstić information content (AvgIpc) is 2.44. The van der Waals surface area contributed by atoms with Crippen LogP contribution in [-0.4, -0.2) is 18.1 Å². The van der Waals surface area contributed by atoms with Crippen molar-refractivity contribution in [3.8, 4) is 0 Å². The van der Waals surface area contributed by atoms with Gasteiger partial charge in [-0.15, -0.1) is 11.6 Å². The van der Waals surface area contributed by atoms with Crippen molar-refractivity contribution in [1.29, 1.82) is 0 Å². The molecule has 15 heavy (non-hydrogen) atoms. The first-order valence-electron chi connectivity index (χ1n) is 6.46. The quantitative estimate of drug-likeness (QED) is 0.486. The molecule has 2 fully saturated rings. The molecule has 0 aromatic carbocycles. The first-order chi connectivity index (χ1) is 7.21. The molecule has 0 radical (unpaired) electrons. The smallest absolute Gasteiger partial charge is 0.0642 e. The van der Waals surface area contributed by atoms with Crippen LogP contribution in [0, 0.1) is 5.41 Å². The van der Waals surface area contributed by atoms with E-state index >= 15 is 0 Å². The Hall–Kier alpha value is 0.250. The van der Waals surface area contributed by atoms with Crippen LogP contribution in [-0.2, 0) is 4.74 Å². The molecule has 0 amide bonds. The summed E-state index contributed by atoms with van der Waals surface area (Å²) in [6, 6.07) is 0. The van der Waals surface area contributed by atoms with Crippen LogP contribution in [0.25, 0.3) is 0 Å². The van der Waals surface area contributed by atoms with Gasteiger partial charge in [0.15, 0.2) is 0 Å². The summed E-state index contributed by atoms with van der Waals surface area (Å²) in [5.74, 6) is 0. The zero-order valence-corrected chi connectivity index (χ0v) is 10.6. The predicted molar refractivity (Wildman–Crippen MR) is 64.4 cm³/mol. The first kappa shape index (κ1) is 11.7. The molecule has 2 aliphatic rings. The fourth-order valence-corrected chi connectivity index (χ4v) is 3.35. The van der Waals surface area contributed by atoms with Crippen LogP contribution in [0.3, 0.4) is 0 Å². The molecular weight excluding hydrogens is 208 g/mol. The maximum atomic E-state index is 6.25. The molecule has 0 bridgehead atoms. The van der Waals surface area contributed by atoms with E-state index in [0.717, 1.165) is 19.4 Å². The number of hydrogen-bond donors (Lipinski definition) is 0. The lowest BCUT2D eigenvalue weighted by Crippen LogP contribution is -2.39. The van der Waals surface area contributed by atoms with E-state index in [9.17, 15) is 0 Å². The minimum Gasteiger partial charge on any atom is -0.378 e. The van der Waals surface area contributed by atoms with E-state index in [1.807, 2.05) is 0 Å².